The molecule has 1 aliphatic rings. The highest BCUT2D eigenvalue weighted by molar-refractivity contribution is 5.98. The summed E-state index contributed by atoms with van der Waals surface area (Å²) < 4.78 is 20.4. The van der Waals surface area contributed by atoms with Gasteiger partial charge in [0.1, 0.15) is 11.4 Å². The van der Waals surface area contributed by atoms with E-state index in [4.69, 9.17) is 4.42 Å². The van der Waals surface area contributed by atoms with E-state index in [1.165, 1.54) is 6.07 Å². The van der Waals surface area contributed by atoms with Crippen molar-refractivity contribution in [2.45, 2.75) is 19.4 Å². The molecular formula is C23H24FN7O4. The van der Waals surface area contributed by atoms with Gasteiger partial charge in [-0.2, -0.15) is 5.10 Å². The Morgan fingerprint density at radius 2 is 2.00 bits per heavy atom. The normalized spacial score (nSPS) is 15.0. The number of aromatic amines is 1. The van der Waals surface area contributed by atoms with E-state index >= 15 is 0 Å². The van der Waals surface area contributed by atoms with E-state index in [9.17, 15) is 18.8 Å². The van der Waals surface area contributed by atoms with Gasteiger partial charge < -0.3 is 20.0 Å². The Morgan fingerprint density at radius 3 is 2.80 bits per heavy atom. The topological polar surface area (TPSA) is 138 Å². The maximum atomic E-state index is 14.3. The Bertz CT molecular complexity index is 1470. The van der Waals surface area contributed by atoms with Gasteiger partial charge in [0.2, 0.25) is 0 Å². The molecule has 5 rings (SSSR count). The number of likely N-dealkylation sites (tertiary alicyclic amines) is 1. The largest absolute Gasteiger partial charge is 0.417 e. The lowest BCUT2D eigenvalue weighted by Crippen LogP contribution is -2.37. The zero-order chi connectivity index (χ0) is 24.5. The summed E-state index contributed by atoms with van der Waals surface area (Å²) in [7, 11) is 2.07. The van der Waals surface area contributed by atoms with Crippen LogP contribution < -0.4 is 16.4 Å². The molecule has 0 unspecified atom stereocenters. The SMILES string of the molecule is CN1CCC(CNC(=O)c2cc(C(=O)NCc3ccc4oc(=O)[nH]c4c3)nc3c(F)cnn23)CC1. The molecule has 3 aromatic heterocycles. The quantitative estimate of drug-likeness (QED) is 0.377. The van der Waals surface area contributed by atoms with Crippen molar-refractivity contribution in [2.75, 3.05) is 26.7 Å². The number of hydrogen-bond acceptors (Lipinski definition) is 7. The fraction of sp³-hybridized carbons (Fsp3) is 0.348. The lowest BCUT2D eigenvalue weighted by Gasteiger charge is -2.28. The predicted molar refractivity (Wildman–Crippen MR) is 124 cm³/mol. The number of carbonyl (C=O) groups excluding carboxylic acids is 2. The third kappa shape index (κ3) is 4.78. The zero-order valence-electron chi connectivity index (χ0n) is 19.0. The van der Waals surface area contributed by atoms with Crippen LogP contribution >= 0.6 is 0 Å². The number of amides is 2. The predicted octanol–water partition coefficient (Wildman–Crippen LogP) is 1.30. The molecule has 1 aliphatic heterocycles. The van der Waals surface area contributed by atoms with Crippen LogP contribution in [0.15, 0.2) is 39.7 Å². The summed E-state index contributed by atoms with van der Waals surface area (Å²) in [5.41, 5.74) is 1.32. The molecule has 0 saturated carbocycles. The highest BCUT2D eigenvalue weighted by Crippen LogP contribution is 2.16. The molecule has 11 nitrogen and oxygen atoms in total. The van der Waals surface area contributed by atoms with E-state index in [2.05, 4.69) is 37.6 Å². The maximum absolute atomic E-state index is 14.3. The highest BCUT2D eigenvalue weighted by atomic mass is 19.1. The zero-order valence-corrected chi connectivity index (χ0v) is 19.0. The van der Waals surface area contributed by atoms with Crippen LogP contribution in [0.3, 0.4) is 0 Å². The molecule has 3 N–H and O–H groups in total. The molecule has 182 valence electrons. The Hall–Kier alpha value is -4.06. The Labute approximate surface area is 198 Å². The summed E-state index contributed by atoms with van der Waals surface area (Å²) in [5.74, 6) is -1.99. The van der Waals surface area contributed by atoms with Gasteiger partial charge >= 0.3 is 5.76 Å². The smallest absolute Gasteiger partial charge is 0.408 e. The van der Waals surface area contributed by atoms with Crippen molar-refractivity contribution in [3.63, 3.8) is 0 Å². The molecule has 1 fully saturated rings. The number of carbonyl (C=O) groups is 2. The van der Waals surface area contributed by atoms with Crippen LogP contribution in [0.4, 0.5) is 4.39 Å². The lowest BCUT2D eigenvalue weighted by molar-refractivity contribution is 0.0931. The standard InChI is InChI=1S/C23H24FN7O4/c1-30-6-4-13(5-7-30)10-26-22(33)18-9-17(28-20-15(24)12-27-31(18)20)21(32)25-11-14-2-3-19-16(8-14)29-23(34)35-19/h2-3,8-9,12-13H,4-7,10-11H2,1H3,(H,25,32)(H,26,33)(H,29,34). The van der Waals surface area contributed by atoms with E-state index in [0.29, 0.717) is 29.1 Å². The van der Waals surface area contributed by atoms with Crippen LogP contribution in [-0.2, 0) is 6.54 Å². The maximum Gasteiger partial charge on any atom is 0.417 e. The van der Waals surface area contributed by atoms with Crippen LogP contribution in [0, 0.1) is 11.7 Å². The number of hydrogen-bond donors (Lipinski definition) is 3. The van der Waals surface area contributed by atoms with Crippen LogP contribution in [-0.4, -0.2) is 63.0 Å². The van der Waals surface area contributed by atoms with Gasteiger partial charge in [-0.05, 0) is 56.6 Å². The molecule has 1 aromatic carbocycles. The van der Waals surface area contributed by atoms with Gasteiger partial charge in [-0.1, -0.05) is 6.07 Å². The van der Waals surface area contributed by atoms with Gasteiger partial charge in [-0.15, -0.1) is 0 Å². The van der Waals surface area contributed by atoms with Gasteiger partial charge in [0.05, 0.1) is 11.7 Å². The van der Waals surface area contributed by atoms with E-state index in [0.717, 1.165) is 36.6 Å². The van der Waals surface area contributed by atoms with Gasteiger partial charge in [-0.3, -0.25) is 14.6 Å². The lowest BCUT2D eigenvalue weighted by atomic mass is 9.97. The number of H-pyrrole nitrogens is 1. The van der Waals surface area contributed by atoms with Crippen molar-refractivity contribution in [3.05, 3.63) is 63.8 Å². The highest BCUT2D eigenvalue weighted by Gasteiger charge is 2.22. The number of rotatable bonds is 6. The number of halogens is 1. The monoisotopic (exact) mass is 481 g/mol. The molecule has 12 heteroatoms. The minimum absolute atomic E-state index is 0.0226. The second-order valence-corrected chi connectivity index (χ2v) is 8.74. The number of nitrogens with one attached hydrogen (secondary N) is 3. The molecule has 0 radical (unpaired) electrons. The molecule has 1 saturated heterocycles. The fourth-order valence-corrected chi connectivity index (χ4v) is 4.19. The first kappa shape index (κ1) is 22.7. The number of nitrogens with zero attached hydrogens (tertiary/aromatic N) is 4. The minimum Gasteiger partial charge on any atom is -0.408 e. The number of piperidine rings is 1. The molecule has 0 atom stereocenters. The summed E-state index contributed by atoms with van der Waals surface area (Å²) in [4.78, 5) is 46.0. The van der Waals surface area contributed by atoms with Crippen molar-refractivity contribution in [2.24, 2.45) is 5.92 Å². The van der Waals surface area contributed by atoms with Crippen LogP contribution in [0.5, 0.6) is 0 Å². The summed E-state index contributed by atoms with van der Waals surface area (Å²) in [6, 6.07) is 6.30. The van der Waals surface area contributed by atoms with Crippen LogP contribution in [0.2, 0.25) is 0 Å². The molecule has 4 heterocycles. The Kier molecular flexibility index (Phi) is 6.03. The fourth-order valence-electron chi connectivity index (χ4n) is 4.19. The first-order chi connectivity index (χ1) is 16.9. The van der Waals surface area contributed by atoms with Gasteiger partial charge in [0, 0.05) is 19.2 Å². The Balaban J connectivity index is 1.32. The van der Waals surface area contributed by atoms with Crippen molar-refractivity contribution in [1.82, 2.24) is 35.1 Å². The molecule has 35 heavy (non-hydrogen) atoms. The van der Waals surface area contributed by atoms with Crippen molar-refractivity contribution < 1.29 is 18.4 Å². The number of benzene rings is 1. The number of aromatic nitrogens is 4. The van der Waals surface area contributed by atoms with Crippen molar-refractivity contribution in [3.8, 4) is 0 Å². The van der Waals surface area contributed by atoms with Gasteiger partial charge in [0.25, 0.3) is 11.8 Å². The first-order valence-corrected chi connectivity index (χ1v) is 11.3. The van der Waals surface area contributed by atoms with E-state index < -0.39 is 23.4 Å². The Morgan fingerprint density at radius 1 is 1.20 bits per heavy atom. The first-order valence-electron chi connectivity index (χ1n) is 11.3. The third-order valence-electron chi connectivity index (χ3n) is 6.22. The average Bonchev–Trinajstić information content (AvgIpc) is 3.42. The molecule has 2 amide bonds. The van der Waals surface area contributed by atoms with Crippen LogP contribution in [0.25, 0.3) is 16.7 Å². The summed E-state index contributed by atoms with van der Waals surface area (Å²) in [6.07, 6.45) is 2.91. The van der Waals surface area contributed by atoms with Gasteiger partial charge in [0.15, 0.2) is 17.0 Å². The second kappa shape index (κ2) is 9.29. The van der Waals surface area contributed by atoms with Crippen molar-refractivity contribution >= 4 is 28.6 Å². The van der Waals surface area contributed by atoms with E-state index in [1.54, 1.807) is 18.2 Å². The summed E-state index contributed by atoms with van der Waals surface area (Å²) in [6.45, 7) is 2.55. The van der Waals surface area contributed by atoms with E-state index in [1.807, 2.05) is 0 Å². The van der Waals surface area contributed by atoms with E-state index in [-0.39, 0.29) is 23.6 Å². The molecule has 0 bridgehead atoms. The molecule has 4 aromatic rings. The van der Waals surface area contributed by atoms with Gasteiger partial charge in [-0.25, -0.2) is 18.7 Å². The average molecular weight is 481 g/mol. The van der Waals surface area contributed by atoms with Crippen LogP contribution in [0.1, 0.15) is 39.4 Å². The summed E-state index contributed by atoms with van der Waals surface area (Å²) in [5, 5.41) is 9.51. The molecule has 0 aliphatic carbocycles. The number of oxazole rings is 1. The molecular weight excluding hydrogens is 457 g/mol. The number of fused-ring (bicyclic) bond motifs is 2. The summed E-state index contributed by atoms with van der Waals surface area (Å²) >= 11 is 0. The molecule has 0 spiro atoms. The minimum atomic E-state index is -0.738. The van der Waals surface area contributed by atoms with Crippen molar-refractivity contribution in [1.29, 1.82) is 0 Å². The second-order valence-electron chi connectivity index (χ2n) is 8.74. The third-order valence-corrected chi connectivity index (χ3v) is 6.22.